The monoisotopic (exact) mass is 248 g/mol. The number of rotatable bonds is 4. The van der Waals surface area contributed by atoms with Gasteiger partial charge in [-0.1, -0.05) is 0 Å². The van der Waals surface area contributed by atoms with Crippen molar-refractivity contribution < 1.29 is 9.47 Å². The zero-order valence-corrected chi connectivity index (χ0v) is 10.6. The molecule has 0 unspecified atom stereocenters. The van der Waals surface area contributed by atoms with Crippen molar-refractivity contribution in [3.05, 3.63) is 18.2 Å². The molecule has 3 heteroatoms. The van der Waals surface area contributed by atoms with E-state index in [2.05, 4.69) is 18.1 Å². The second-order valence-electron chi connectivity index (χ2n) is 3.82. The van der Waals surface area contributed by atoms with E-state index in [4.69, 9.17) is 15.9 Å². The van der Waals surface area contributed by atoms with Gasteiger partial charge in [0.1, 0.15) is 0 Å². The lowest BCUT2D eigenvalue weighted by atomic mass is 10.3. The maximum absolute atomic E-state index is 5.65. The smallest absolute Gasteiger partial charge is 0.162 e. The molecule has 0 amide bonds. The number of thioether (sulfide) groups is 1. The average Bonchev–Trinajstić information content (AvgIpc) is 2.59. The summed E-state index contributed by atoms with van der Waals surface area (Å²) in [4.78, 5) is 1.21. The molecule has 0 fully saturated rings. The summed E-state index contributed by atoms with van der Waals surface area (Å²) in [6.45, 7) is 1.47. The molecule has 1 aliphatic rings. The van der Waals surface area contributed by atoms with Crippen molar-refractivity contribution >= 4 is 11.8 Å². The van der Waals surface area contributed by atoms with Gasteiger partial charge >= 0.3 is 0 Å². The Morgan fingerprint density at radius 2 is 2.06 bits per heavy atom. The Morgan fingerprint density at radius 3 is 2.88 bits per heavy atom. The molecule has 0 N–H and O–H groups in total. The molecule has 0 radical (unpaired) electrons. The zero-order valence-electron chi connectivity index (χ0n) is 9.78. The van der Waals surface area contributed by atoms with Crippen LogP contribution in [0.25, 0.3) is 0 Å². The van der Waals surface area contributed by atoms with Crippen LogP contribution in [-0.4, -0.2) is 19.0 Å². The first-order valence-electron chi connectivity index (χ1n) is 5.86. The third-order valence-corrected chi connectivity index (χ3v) is 3.53. The molecule has 0 spiro atoms. The first kappa shape index (κ1) is 12.2. The number of benzene rings is 1. The SMILES string of the molecule is C#CCCCSc1ccc2c(c1)OCCCO2. The summed E-state index contributed by atoms with van der Waals surface area (Å²) in [6.07, 6.45) is 8.06. The van der Waals surface area contributed by atoms with Crippen molar-refractivity contribution in [1.82, 2.24) is 0 Å². The van der Waals surface area contributed by atoms with Crippen LogP contribution in [0.3, 0.4) is 0 Å². The quantitative estimate of drug-likeness (QED) is 0.462. The number of fused-ring (bicyclic) bond motifs is 1. The van der Waals surface area contributed by atoms with Gasteiger partial charge in [0, 0.05) is 17.7 Å². The molecule has 2 nitrogen and oxygen atoms in total. The molecule has 0 aliphatic carbocycles. The minimum Gasteiger partial charge on any atom is -0.490 e. The Kier molecular flexibility index (Phi) is 4.63. The number of unbranched alkanes of at least 4 members (excludes halogenated alkanes) is 1. The average molecular weight is 248 g/mol. The van der Waals surface area contributed by atoms with Crippen LogP contribution in [0.15, 0.2) is 23.1 Å². The highest BCUT2D eigenvalue weighted by molar-refractivity contribution is 7.99. The van der Waals surface area contributed by atoms with Crippen molar-refractivity contribution in [2.24, 2.45) is 0 Å². The summed E-state index contributed by atoms with van der Waals surface area (Å²) in [5.41, 5.74) is 0. The topological polar surface area (TPSA) is 18.5 Å². The molecule has 1 heterocycles. The second kappa shape index (κ2) is 6.46. The number of hydrogen-bond donors (Lipinski definition) is 0. The van der Waals surface area contributed by atoms with Crippen LogP contribution >= 0.6 is 11.8 Å². The van der Waals surface area contributed by atoms with Crippen molar-refractivity contribution in [3.8, 4) is 23.8 Å². The molecular weight excluding hydrogens is 232 g/mol. The first-order valence-corrected chi connectivity index (χ1v) is 6.84. The van der Waals surface area contributed by atoms with Gasteiger partial charge in [-0.15, -0.1) is 24.1 Å². The van der Waals surface area contributed by atoms with Crippen LogP contribution in [0, 0.1) is 12.3 Å². The Labute approximate surface area is 107 Å². The summed E-state index contributed by atoms with van der Waals surface area (Å²) in [6, 6.07) is 6.12. The van der Waals surface area contributed by atoms with Crippen LogP contribution in [0.5, 0.6) is 11.5 Å². The van der Waals surface area contributed by atoms with Gasteiger partial charge in [-0.05, 0) is 30.4 Å². The van der Waals surface area contributed by atoms with Gasteiger partial charge in [-0.2, -0.15) is 0 Å². The van der Waals surface area contributed by atoms with E-state index in [1.807, 2.05) is 17.8 Å². The van der Waals surface area contributed by atoms with Gasteiger partial charge in [0.05, 0.1) is 13.2 Å². The van der Waals surface area contributed by atoms with E-state index in [1.54, 1.807) is 0 Å². The van der Waals surface area contributed by atoms with E-state index in [0.29, 0.717) is 0 Å². The summed E-state index contributed by atoms with van der Waals surface area (Å²) in [7, 11) is 0. The van der Waals surface area contributed by atoms with Gasteiger partial charge in [0.2, 0.25) is 0 Å². The number of terminal acetylenes is 1. The van der Waals surface area contributed by atoms with Crippen LogP contribution in [0.2, 0.25) is 0 Å². The molecule has 1 aliphatic heterocycles. The van der Waals surface area contributed by atoms with E-state index >= 15 is 0 Å². The highest BCUT2D eigenvalue weighted by Gasteiger charge is 2.10. The molecule has 0 bridgehead atoms. The van der Waals surface area contributed by atoms with Gasteiger partial charge in [0.15, 0.2) is 11.5 Å². The fourth-order valence-electron chi connectivity index (χ4n) is 1.60. The minimum absolute atomic E-state index is 0.734. The highest BCUT2D eigenvalue weighted by Crippen LogP contribution is 2.34. The van der Waals surface area contributed by atoms with E-state index in [0.717, 1.165) is 49.7 Å². The van der Waals surface area contributed by atoms with Crippen molar-refractivity contribution in [2.75, 3.05) is 19.0 Å². The molecular formula is C14H16O2S. The van der Waals surface area contributed by atoms with Crippen molar-refractivity contribution in [2.45, 2.75) is 24.2 Å². The third kappa shape index (κ3) is 3.61. The summed E-state index contributed by atoms with van der Waals surface area (Å²) in [5, 5.41) is 0. The first-order chi connectivity index (χ1) is 8.40. The maximum Gasteiger partial charge on any atom is 0.162 e. The standard InChI is InChI=1S/C14H16O2S/c1-2-3-4-10-17-12-6-7-13-14(11-12)16-9-5-8-15-13/h1,6-7,11H,3-5,8-10H2. The van der Waals surface area contributed by atoms with Crippen molar-refractivity contribution in [3.63, 3.8) is 0 Å². The maximum atomic E-state index is 5.65. The molecule has 1 aromatic rings. The fourth-order valence-corrected chi connectivity index (χ4v) is 2.48. The molecule has 90 valence electrons. The highest BCUT2D eigenvalue weighted by atomic mass is 32.2. The molecule has 0 aromatic heterocycles. The lowest BCUT2D eigenvalue weighted by Crippen LogP contribution is -1.97. The molecule has 2 rings (SSSR count). The van der Waals surface area contributed by atoms with Gasteiger partial charge in [-0.3, -0.25) is 0 Å². The van der Waals surface area contributed by atoms with Crippen molar-refractivity contribution in [1.29, 1.82) is 0 Å². The van der Waals surface area contributed by atoms with Gasteiger partial charge in [-0.25, -0.2) is 0 Å². The van der Waals surface area contributed by atoms with E-state index < -0.39 is 0 Å². The Morgan fingerprint density at radius 1 is 1.24 bits per heavy atom. The predicted molar refractivity (Wildman–Crippen MR) is 70.8 cm³/mol. The van der Waals surface area contributed by atoms with E-state index in [-0.39, 0.29) is 0 Å². The largest absolute Gasteiger partial charge is 0.490 e. The normalized spacial score (nSPS) is 13.8. The van der Waals surface area contributed by atoms with Crippen LogP contribution in [0.4, 0.5) is 0 Å². The Balaban J connectivity index is 1.95. The summed E-state index contributed by atoms with van der Waals surface area (Å²) in [5.74, 6) is 5.42. The molecule has 0 saturated heterocycles. The Bertz CT molecular complexity index is 409. The fraction of sp³-hybridized carbons (Fsp3) is 0.429. The molecule has 1 aromatic carbocycles. The Hall–Kier alpha value is -1.27. The summed E-state index contributed by atoms with van der Waals surface area (Å²) < 4.78 is 11.2. The molecule has 17 heavy (non-hydrogen) atoms. The van der Waals surface area contributed by atoms with E-state index in [1.165, 1.54) is 4.90 Å². The number of ether oxygens (including phenoxy) is 2. The minimum atomic E-state index is 0.734. The van der Waals surface area contributed by atoms with E-state index in [9.17, 15) is 0 Å². The predicted octanol–water partition coefficient (Wildman–Crippen LogP) is 3.35. The van der Waals surface area contributed by atoms with Crippen LogP contribution in [0.1, 0.15) is 19.3 Å². The zero-order chi connectivity index (χ0) is 11.9. The second-order valence-corrected chi connectivity index (χ2v) is 4.98. The molecule has 0 saturated carbocycles. The molecule has 0 atom stereocenters. The van der Waals surface area contributed by atoms with Crippen LogP contribution in [-0.2, 0) is 0 Å². The number of hydrogen-bond acceptors (Lipinski definition) is 3. The summed E-state index contributed by atoms with van der Waals surface area (Å²) >= 11 is 1.81. The lowest BCUT2D eigenvalue weighted by Gasteiger charge is -2.08. The van der Waals surface area contributed by atoms with Crippen LogP contribution < -0.4 is 9.47 Å². The lowest BCUT2D eigenvalue weighted by molar-refractivity contribution is 0.297. The van der Waals surface area contributed by atoms with Gasteiger partial charge in [0.25, 0.3) is 0 Å². The van der Waals surface area contributed by atoms with Gasteiger partial charge < -0.3 is 9.47 Å². The third-order valence-electron chi connectivity index (χ3n) is 2.45.